The Hall–Kier alpha value is -3.27. The van der Waals surface area contributed by atoms with E-state index in [1.165, 1.54) is 48.5 Å². The normalized spacial score (nSPS) is 18.1. The summed E-state index contributed by atoms with van der Waals surface area (Å²) in [5.74, 6) is -3.09. The third kappa shape index (κ3) is 5.57. The lowest BCUT2D eigenvalue weighted by molar-refractivity contribution is -0.121. The van der Waals surface area contributed by atoms with Crippen LogP contribution in [0.25, 0.3) is 0 Å². The second kappa shape index (κ2) is 10.1. The molecule has 33 heavy (non-hydrogen) atoms. The van der Waals surface area contributed by atoms with Gasteiger partial charge in [0.05, 0.1) is 0 Å². The van der Waals surface area contributed by atoms with E-state index in [1.54, 1.807) is 0 Å². The van der Waals surface area contributed by atoms with Gasteiger partial charge in [-0.25, -0.2) is 8.78 Å². The van der Waals surface area contributed by atoms with Crippen molar-refractivity contribution in [3.63, 3.8) is 0 Å². The SMILES string of the molecule is O=C(CC1SC(N2CCCCC2)=NC1=O)Nc1ccc(C(=O)Nc2c(F)cccc2F)cc1. The fourth-order valence-electron chi connectivity index (χ4n) is 3.62. The van der Waals surface area contributed by atoms with Gasteiger partial charge in [-0.15, -0.1) is 0 Å². The van der Waals surface area contributed by atoms with Crippen LogP contribution in [0.1, 0.15) is 36.0 Å². The molecule has 2 N–H and O–H groups in total. The van der Waals surface area contributed by atoms with Gasteiger partial charge in [-0.1, -0.05) is 17.8 Å². The van der Waals surface area contributed by atoms with Crippen LogP contribution in [0, 0.1) is 11.6 Å². The summed E-state index contributed by atoms with van der Waals surface area (Å²) in [5, 5.41) is 5.04. The van der Waals surface area contributed by atoms with Crippen molar-refractivity contribution in [1.29, 1.82) is 0 Å². The first-order valence-corrected chi connectivity index (χ1v) is 11.5. The summed E-state index contributed by atoms with van der Waals surface area (Å²) >= 11 is 1.33. The Morgan fingerprint density at radius 1 is 1.00 bits per heavy atom. The van der Waals surface area contributed by atoms with Crippen molar-refractivity contribution in [2.75, 3.05) is 23.7 Å². The lowest BCUT2D eigenvalue weighted by Gasteiger charge is -2.27. The fraction of sp³-hybridized carbons (Fsp3) is 0.304. The molecule has 1 fully saturated rings. The number of halogens is 2. The highest BCUT2D eigenvalue weighted by molar-refractivity contribution is 8.15. The molecule has 10 heteroatoms. The molecule has 2 aliphatic heterocycles. The number of thioether (sulfide) groups is 1. The molecule has 7 nitrogen and oxygen atoms in total. The molecule has 0 radical (unpaired) electrons. The Bertz CT molecular complexity index is 1080. The Morgan fingerprint density at radius 2 is 1.67 bits per heavy atom. The van der Waals surface area contributed by atoms with Crippen molar-refractivity contribution >= 4 is 46.0 Å². The summed E-state index contributed by atoms with van der Waals surface area (Å²) in [5.41, 5.74) is 0.0720. The van der Waals surface area contributed by atoms with E-state index in [0.29, 0.717) is 10.9 Å². The molecule has 2 aliphatic rings. The van der Waals surface area contributed by atoms with Crippen LogP contribution < -0.4 is 10.6 Å². The molecule has 2 heterocycles. The van der Waals surface area contributed by atoms with E-state index in [2.05, 4.69) is 20.5 Å². The molecule has 0 aromatic heterocycles. The third-order valence-electron chi connectivity index (χ3n) is 5.36. The van der Waals surface area contributed by atoms with Crippen LogP contribution in [0.15, 0.2) is 47.5 Å². The number of rotatable bonds is 5. The fourth-order valence-corrected chi connectivity index (χ4v) is 4.73. The molecule has 1 unspecified atom stereocenters. The molecule has 0 spiro atoms. The zero-order valence-corrected chi connectivity index (χ0v) is 18.5. The van der Waals surface area contributed by atoms with Gasteiger partial charge in [-0.2, -0.15) is 4.99 Å². The number of nitrogens with zero attached hydrogens (tertiary/aromatic N) is 2. The number of amides is 3. The Labute approximate surface area is 193 Å². The van der Waals surface area contributed by atoms with Crippen molar-refractivity contribution < 1.29 is 23.2 Å². The van der Waals surface area contributed by atoms with Gasteiger partial charge in [-0.05, 0) is 55.7 Å². The lowest BCUT2D eigenvalue weighted by atomic mass is 10.1. The maximum absolute atomic E-state index is 13.7. The predicted molar refractivity (Wildman–Crippen MR) is 123 cm³/mol. The first-order chi connectivity index (χ1) is 15.9. The smallest absolute Gasteiger partial charge is 0.262 e. The van der Waals surface area contributed by atoms with Gasteiger partial charge in [0.25, 0.3) is 11.8 Å². The largest absolute Gasteiger partial charge is 0.351 e. The number of aliphatic imine (C=N–C) groups is 1. The number of benzene rings is 2. The molecule has 1 saturated heterocycles. The number of carbonyl (C=O) groups is 3. The number of hydrogen-bond acceptors (Lipinski definition) is 5. The number of hydrogen-bond donors (Lipinski definition) is 2. The number of amidine groups is 1. The number of para-hydroxylation sites is 1. The lowest BCUT2D eigenvalue weighted by Crippen LogP contribution is -2.33. The van der Waals surface area contributed by atoms with Gasteiger partial charge in [0.15, 0.2) is 5.17 Å². The minimum atomic E-state index is -0.876. The van der Waals surface area contributed by atoms with Crippen LogP contribution in [0.5, 0.6) is 0 Å². The molecule has 172 valence electrons. The van der Waals surface area contributed by atoms with Crippen molar-refractivity contribution in [1.82, 2.24) is 4.90 Å². The maximum Gasteiger partial charge on any atom is 0.262 e. The van der Waals surface area contributed by atoms with Gasteiger partial charge in [0.2, 0.25) is 5.91 Å². The molecule has 2 aromatic carbocycles. The standard InChI is InChI=1S/C23H22F2N4O3S/c24-16-5-4-6-17(25)20(16)27-21(31)14-7-9-15(10-8-14)26-19(30)13-18-22(32)28-23(33-18)29-11-2-1-3-12-29/h4-10,18H,1-3,11-13H2,(H,26,30)(H,27,31). The summed E-state index contributed by atoms with van der Waals surface area (Å²) in [6, 6.07) is 9.16. The van der Waals surface area contributed by atoms with Crippen molar-refractivity contribution in [2.45, 2.75) is 30.9 Å². The second-order valence-electron chi connectivity index (χ2n) is 7.77. The molecule has 0 bridgehead atoms. The van der Waals surface area contributed by atoms with Gasteiger partial charge in [0.1, 0.15) is 22.6 Å². The molecular weight excluding hydrogens is 450 g/mol. The van der Waals surface area contributed by atoms with E-state index in [0.717, 1.165) is 38.1 Å². The number of carbonyl (C=O) groups excluding carboxylic acids is 3. The topological polar surface area (TPSA) is 90.9 Å². The highest BCUT2D eigenvalue weighted by atomic mass is 32.2. The number of nitrogens with one attached hydrogen (secondary N) is 2. The third-order valence-corrected chi connectivity index (χ3v) is 6.57. The van der Waals surface area contributed by atoms with Crippen molar-refractivity contribution in [3.05, 3.63) is 59.7 Å². The van der Waals surface area contributed by atoms with E-state index in [1.807, 2.05) is 0 Å². The quantitative estimate of drug-likeness (QED) is 0.686. The Morgan fingerprint density at radius 3 is 2.33 bits per heavy atom. The summed E-state index contributed by atoms with van der Waals surface area (Å²) in [7, 11) is 0. The first-order valence-electron chi connectivity index (χ1n) is 10.6. The van der Waals surface area contributed by atoms with Crippen molar-refractivity contribution in [2.24, 2.45) is 4.99 Å². The van der Waals surface area contributed by atoms with Gasteiger partial charge in [0, 0.05) is 30.8 Å². The highest BCUT2D eigenvalue weighted by Gasteiger charge is 2.33. The summed E-state index contributed by atoms with van der Waals surface area (Å²) in [4.78, 5) is 43.2. The van der Waals surface area contributed by atoms with Crippen molar-refractivity contribution in [3.8, 4) is 0 Å². The van der Waals surface area contributed by atoms with Crippen LogP contribution in [0.2, 0.25) is 0 Å². The Balaban J connectivity index is 1.30. The van der Waals surface area contributed by atoms with E-state index in [-0.39, 0.29) is 23.8 Å². The van der Waals surface area contributed by atoms with E-state index >= 15 is 0 Å². The summed E-state index contributed by atoms with van der Waals surface area (Å²) < 4.78 is 27.4. The van der Waals surface area contributed by atoms with E-state index in [4.69, 9.17) is 0 Å². The zero-order valence-electron chi connectivity index (χ0n) is 17.6. The van der Waals surface area contributed by atoms with E-state index < -0.39 is 28.5 Å². The van der Waals surface area contributed by atoms with Crippen LogP contribution in [-0.4, -0.2) is 46.1 Å². The Kier molecular flexibility index (Phi) is 7.02. The number of piperidine rings is 1. The van der Waals surface area contributed by atoms with Gasteiger partial charge >= 0.3 is 0 Å². The molecule has 0 saturated carbocycles. The minimum absolute atomic E-state index is 0.0147. The van der Waals surface area contributed by atoms with Crippen LogP contribution >= 0.6 is 11.8 Å². The average Bonchev–Trinajstić information content (AvgIpc) is 3.17. The first kappa shape index (κ1) is 22.9. The molecule has 4 rings (SSSR count). The predicted octanol–water partition coefficient (Wildman–Crippen LogP) is 4.03. The molecular formula is C23H22F2N4O3S. The van der Waals surface area contributed by atoms with Gasteiger partial charge < -0.3 is 15.5 Å². The van der Waals surface area contributed by atoms with Crippen LogP contribution in [0.3, 0.4) is 0 Å². The highest BCUT2D eigenvalue weighted by Crippen LogP contribution is 2.29. The second-order valence-corrected chi connectivity index (χ2v) is 8.94. The number of anilines is 2. The number of likely N-dealkylation sites (tertiary alicyclic amines) is 1. The maximum atomic E-state index is 13.7. The monoisotopic (exact) mass is 472 g/mol. The zero-order chi connectivity index (χ0) is 23.4. The average molecular weight is 473 g/mol. The van der Waals surface area contributed by atoms with Crippen LogP contribution in [0.4, 0.5) is 20.2 Å². The molecule has 2 aromatic rings. The van der Waals surface area contributed by atoms with E-state index in [9.17, 15) is 23.2 Å². The van der Waals surface area contributed by atoms with Gasteiger partial charge in [-0.3, -0.25) is 14.4 Å². The minimum Gasteiger partial charge on any atom is -0.351 e. The molecule has 0 aliphatic carbocycles. The summed E-state index contributed by atoms with van der Waals surface area (Å²) in [6.07, 6.45) is 3.30. The molecule has 3 amide bonds. The molecule has 1 atom stereocenters. The van der Waals surface area contributed by atoms with Crippen LogP contribution in [-0.2, 0) is 9.59 Å². The summed E-state index contributed by atoms with van der Waals surface area (Å²) in [6.45, 7) is 1.75.